The first-order valence-electron chi connectivity index (χ1n) is 9.55. The molecular formula is C19H29N5O2S. The predicted molar refractivity (Wildman–Crippen MR) is 107 cm³/mol. The van der Waals surface area contributed by atoms with Crippen molar-refractivity contribution in [2.24, 2.45) is 0 Å². The molecule has 2 aromatic heterocycles. The summed E-state index contributed by atoms with van der Waals surface area (Å²) < 4.78 is 7.47. The van der Waals surface area contributed by atoms with Gasteiger partial charge < -0.3 is 14.2 Å². The number of hydrogen-bond donors (Lipinski definition) is 0. The Labute approximate surface area is 165 Å². The Morgan fingerprint density at radius 2 is 2.11 bits per heavy atom. The monoisotopic (exact) mass is 391 g/mol. The molecule has 148 valence electrons. The van der Waals surface area contributed by atoms with Crippen LogP contribution in [0.3, 0.4) is 0 Å². The zero-order valence-electron chi connectivity index (χ0n) is 16.4. The van der Waals surface area contributed by atoms with Crippen LogP contribution < -0.4 is 0 Å². The zero-order valence-corrected chi connectivity index (χ0v) is 17.2. The van der Waals surface area contributed by atoms with Gasteiger partial charge in [-0.3, -0.25) is 9.48 Å². The lowest BCUT2D eigenvalue weighted by Gasteiger charge is -2.25. The Bertz CT molecular complexity index is 738. The number of carbonyl (C=O) groups is 1. The van der Waals surface area contributed by atoms with Gasteiger partial charge in [-0.1, -0.05) is 12.1 Å². The fourth-order valence-corrected chi connectivity index (χ4v) is 4.00. The van der Waals surface area contributed by atoms with Gasteiger partial charge in [-0.2, -0.15) is 11.8 Å². The Kier molecular flexibility index (Phi) is 6.95. The van der Waals surface area contributed by atoms with E-state index in [1.807, 2.05) is 29.7 Å². The van der Waals surface area contributed by atoms with Gasteiger partial charge in [0.2, 0.25) is 0 Å². The molecule has 1 atom stereocenters. The number of furan rings is 1. The van der Waals surface area contributed by atoms with Crippen molar-refractivity contribution in [2.45, 2.75) is 32.7 Å². The summed E-state index contributed by atoms with van der Waals surface area (Å²) in [6.07, 6.45) is 2.81. The first-order valence-corrected chi connectivity index (χ1v) is 10.7. The van der Waals surface area contributed by atoms with Crippen LogP contribution in [0.5, 0.6) is 0 Å². The molecule has 0 unspecified atom stereocenters. The average Bonchev–Trinajstić information content (AvgIpc) is 3.33. The van der Waals surface area contributed by atoms with Crippen LogP contribution >= 0.6 is 11.8 Å². The summed E-state index contributed by atoms with van der Waals surface area (Å²) in [5, 5.41) is 8.19. The average molecular weight is 392 g/mol. The summed E-state index contributed by atoms with van der Waals surface area (Å²) in [6, 6.07) is 4.08. The molecule has 2 aromatic rings. The maximum Gasteiger partial charge on any atom is 0.276 e. The van der Waals surface area contributed by atoms with Crippen molar-refractivity contribution in [3.8, 4) is 0 Å². The number of thioether (sulfide) groups is 1. The van der Waals surface area contributed by atoms with Crippen LogP contribution in [-0.2, 0) is 6.54 Å². The third-order valence-corrected chi connectivity index (χ3v) is 5.90. The summed E-state index contributed by atoms with van der Waals surface area (Å²) in [6.45, 7) is 8.33. The Morgan fingerprint density at radius 1 is 1.33 bits per heavy atom. The maximum absolute atomic E-state index is 12.4. The summed E-state index contributed by atoms with van der Waals surface area (Å²) in [5.74, 6) is 4.42. The van der Waals surface area contributed by atoms with Crippen LogP contribution in [-0.4, -0.2) is 75.4 Å². The minimum atomic E-state index is -0.00234. The van der Waals surface area contributed by atoms with E-state index in [4.69, 9.17) is 4.42 Å². The predicted octanol–water partition coefficient (Wildman–Crippen LogP) is 2.49. The van der Waals surface area contributed by atoms with E-state index in [1.54, 1.807) is 10.9 Å². The van der Waals surface area contributed by atoms with E-state index in [2.05, 4.69) is 35.2 Å². The SMILES string of the molecule is Cc1ccc([C@@H](C)CCN(C)CCn2cc(C(=O)N3CCSCC3)nn2)o1. The van der Waals surface area contributed by atoms with Gasteiger partial charge in [0.25, 0.3) is 5.91 Å². The Morgan fingerprint density at radius 3 is 2.81 bits per heavy atom. The lowest BCUT2D eigenvalue weighted by Crippen LogP contribution is -2.38. The van der Waals surface area contributed by atoms with Gasteiger partial charge in [0.05, 0.1) is 12.7 Å². The molecule has 1 fully saturated rings. The van der Waals surface area contributed by atoms with Crippen molar-refractivity contribution < 1.29 is 9.21 Å². The van der Waals surface area contributed by atoms with E-state index in [0.29, 0.717) is 11.6 Å². The van der Waals surface area contributed by atoms with Crippen LogP contribution in [0.2, 0.25) is 0 Å². The number of aryl methyl sites for hydroxylation is 1. The van der Waals surface area contributed by atoms with Crippen LogP contribution in [0, 0.1) is 6.92 Å². The first-order chi connectivity index (χ1) is 13.0. The molecule has 1 aliphatic heterocycles. The minimum absolute atomic E-state index is 0.00234. The molecule has 1 amide bonds. The Hall–Kier alpha value is -1.80. The lowest BCUT2D eigenvalue weighted by atomic mass is 10.1. The summed E-state index contributed by atoms with van der Waals surface area (Å²) >= 11 is 1.89. The minimum Gasteiger partial charge on any atom is -0.466 e. The fourth-order valence-electron chi connectivity index (χ4n) is 3.09. The largest absolute Gasteiger partial charge is 0.466 e. The van der Waals surface area contributed by atoms with Gasteiger partial charge in [0, 0.05) is 37.1 Å². The van der Waals surface area contributed by atoms with Crippen molar-refractivity contribution in [1.82, 2.24) is 24.8 Å². The van der Waals surface area contributed by atoms with Crippen molar-refractivity contribution in [3.05, 3.63) is 35.5 Å². The lowest BCUT2D eigenvalue weighted by molar-refractivity contribution is 0.0766. The standard InChI is InChI=1S/C19H29N5O2S/c1-15(18-5-4-16(2)26-18)6-7-22(3)8-9-24-14-17(20-21-24)19(25)23-10-12-27-13-11-23/h4-5,14-15H,6-13H2,1-3H3/t15-/m0/s1. The molecule has 0 radical (unpaired) electrons. The molecule has 1 saturated heterocycles. The number of carbonyl (C=O) groups excluding carboxylic acids is 1. The molecule has 0 aromatic carbocycles. The fraction of sp³-hybridized carbons (Fsp3) is 0.632. The third kappa shape index (κ3) is 5.59. The van der Waals surface area contributed by atoms with E-state index >= 15 is 0 Å². The van der Waals surface area contributed by atoms with Crippen LogP contribution in [0.1, 0.15) is 41.3 Å². The number of rotatable bonds is 8. The number of nitrogens with zero attached hydrogens (tertiary/aromatic N) is 5. The molecule has 0 spiro atoms. The highest BCUT2D eigenvalue weighted by Gasteiger charge is 2.21. The van der Waals surface area contributed by atoms with Gasteiger partial charge in [0.15, 0.2) is 5.69 Å². The molecule has 0 bridgehead atoms. The van der Waals surface area contributed by atoms with Gasteiger partial charge in [-0.05, 0) is 39.1 Å². The molecular weight excluding hydrogens is 362 g/mol. The first kappa shape index (κ1) is 19.9. The highest BCUT2D eigenvalue weighted by molar-refractivity contribution is 7.99. The quantitative estimate of drug-likeness (QED) is 0.689. The second-order valence-corrected chi connectivity index (χ2v) is 8.44. The summed E-state index contributed by atoms with van der Waals surface area (Å²) in [5.41, 5.74) is 0.450. The van der Waals surface area contributed by atoms with Gasteiger partial charge in [0.1, 0.15) is 11.5 Å². The molecule has 27 heavy (non-hydrogen) atoms. The maximum atomic E-state index is 12.4. The molecule has 3 heterocycles. The van der Waals surface area contributed by atoms with E-state index in [-0.39, 0.29) is 5.91 Å². The number of aromatic nitrogens is 3. The Balaban J connectivity index is 1.41. The van der Waals surface area contributed by atoms with Gasteiger partial charge in [-0.15, -0.1) is 5.10 Å². The van der Waals surface area contributed by atoms with Gasteiger partial charge in [-0.25, -0.2) is 0 Å². The van der Waals surface area contributed by atoms with Crippen LogP contribution in [0.15, 0.2) is 22.7 Å². The third-order valence-electron chi connectivity index (χ3n) is 4.96. The zero-order chi connectivity index (χ0) is 19.2. The van der Waals surface area contributed by atoms with E-state index in [9.17, 15) is 4.79 Å². The summed E-state index contributed by atoms with van der Waals surface area (Å²) in [7, 11) is 2.11. The second-order valence-electron chi connectivity index (χ2n) is 7.21. The topological polar surface area (TPSA) is 67.4 Å². The molecule has 0 aliphatic carbocycles. The molecule has 7 nitrogen and oxygen atoms in total. The van der Waals surface area contributed by atoms with Gasteiger partial charge >= 0.3 is 0 Å². The normalized spacial score (nSPS) is 16.1. The number of likely N-dealkylation sites (N-methyl/N-ethyl adjacent to an activating group) is 1. The van der Waals surface area contributed by atoms with E-state index in [0.717, 1.165) is 62.2 Å². The molecule has 3 rings (SSSR count). The number of amides is 1. The van der Waals surface area contributed by atoms with Crippen molar-refractivity contribution in [2.75, 3.05) is 44.7 Å². The molecule has 8 heteroatoms. The smallest absolute Gasteiger partial charge is 0.276 e. The number of hydrogen-bond acceptors (Lipinski definition) is 6. The summed E-state index contributed by atoms with van der Waals surface area (Å²) in [4.78, 5) is 16.6. The van der Waals surface area contributed by atoms with Crippen molar-refractivity contribution in [1.29, 1.82) is 0 Å². The van der Waals surface area contributed by atoms with E-state index < -0.39 is 0 Å². The van der Waals surface area contributed by atoms with E-state index in [1.165, 1.54) is 0 Å². The molecule has 0 saturated carbocycles. The highest BCUT2D eigenvalue weighted by atomic mass is 32.2. The van der Waals surface area contributed by atoms with Crippen molar-refractivity contribution >= 4 is 17.7 Å². The van der Waals surface area contributed by atoms with Crippen molar-refractivity contribution in [3.63, 3.8) is 0 Å². The molecule has 0 N–H and O–H groups in total. The second kappa shape index (κ2) is 9.41. The van der Waals surface area contributed by atoms with Crippen LogP contribution in [0.25, 0.3) is 0 Å². The van der Waals surface area contributed by atoms with Crippen LogP contribution in [0.4, 0.5) is 0 Å². The highest BCUT2D eigenvalue weighted by Crippen LogP contribution is 2.21. The molecule has 1 aliphatic rings.